The summed E-state index contributed by atoms with van der Waals surface area (Å²) in [6.45, 7) is 12.3. The second-order valence-electron chi connectivity index (χ2n) is 15.7. The molecule has 1 aromatic heterocycles. The van der Waals surface area contributed by atoms with Crippen molar-refractivity contribution in [2.75, 3.05) is 11.9 Å². The molecule has 2 aliphatic rings. The summed E-state index contributed by atoms with van der Waals surface area (Å²) in [6.07, 6.45) is 4.64. The summed E-state index contributed by atoms with van der Waals surface area (Å²) in [7, 11) is 1.32. The third-order valence-electron chi connectivity index (χ3n) is 10.5. The molecule has 4 N–H and O–H groups in total. The molecule has 1 amide bonds. The van der Waals surface area contributed by atoms with Crippen molar-refractivity contribution in [2.24, 2.45) is 0 Å². The van der Waals surface area contributed by atoms with Gasteiger partial charge in [0.2, 0.25) is 5.91 Å². The van der Waals surface area contributed by atoms with Gasteiger partial charge in [-0.05, 0) is 110 Å². The number of aryl methyl sites for hydroxylation is 3. The Kier molecular flexibility index (Phi) is 15.9. The third-order valence-corrected chi connectivity index (χ3v) is 13.2. The number of ether oxygens (including phenoxy) is 1. The molecule has 2 aliphatic carbocycles. The van der Waals surface area contributed by atoms with Gasteiger partial charge in [0.15, 0.2) is 0 Å². The number of halogens is 2. The lowest BCUT2D eigenvalue weighted by molar-refractivity contribution is -0.139. The highest BCUT2D eigenvalue weighted by molar-refractivity contribution is 9.10. The highest BCUT2D eigenvalue weighted by Gasteiger charge is 2.35. The van der Waals surface area contributed by atoms with Gasteiger partial charge in [0.1, 0.15) is 12.8 Å². The van der Waals surface area contributed by atoms with Crippen LogP contribution in [-0.4, -0.2) is 80.7 Å². The van der Waals surface area contributed by atoms with E-state index in [1.807, 2.05) is 60.1 Å². The number of aliphatic carboxylic acids is 1. The first-order valence-electron chi connectivity index (χ1n) is 19.1. The third kappa shape index (κ3) is 11.7. The molecule has 298 valence electrons. The van der Waals surface area contributed by atoms with Crippen LogP contribution in [0.1, 0.15) is 58.3 Å². The molecular formula is C41H49B2Br2N5O6Si. The molecule has 4 atom stereocenters. The number of nitrogens with one attached hydrogen (secondary N) is 3. The van der Waals surface area contributed by atoms with Crippen LogP contribution in [0.2, 0.25) is 25.7 Å². The number of carboxylic acids is 1. The van der Waals surface area contributed by atoms with Gasteiger partial charge in [0, 0.05) is 52.4 Å². The summed E-state index contributed by atoms with van der Waals surface area (Å²) < 4.78 is 9.76. The zero-order valence-electron chi connectivity index (χ0n) is 33.0. The number of rotatable bonds is 17. The quantitative estimate of drug-likeness (QED) is 0.0499. The van der Waals surface area contributed by atoms with Gasteiger partial charge < -0.3 is 35.2 Å². The monoisotopic (exact) mass is 915 g/mol. The number of hydrogen-bond acceptors (Lipinski definition) is 8. The maximum Gasteiger partial charge on any atom is 0.320 e. The molecule has 1 heterocycles. The fourth-order valence-corrected chi connectivity index (χ4v) is 9.15. The molecule has 3 aromatic carbocycles. The van der Waals surface area contributed by atoms with Crippen molar-refractivity contribution in [1.29, 1.82) is 0 Å². The lowest BCUT2D eigenvalue weighted by atomic mass is 9.87. The summed E-state index contributed by atoms with van der Waals surface area (Å²) in [5.74, 6) is -1.25. The van der Waals surface area contributed by atoms with E-state index in [2.05, 4.69) is 86.3 Å². The van der Waals surface area contributed by atoms with Crippen molar-refractivity contribution in [3.63, 3.8) is 0 Å². The summed E-state index contributed by atoms with van der Waals surface area (Å²) in [5.41, 5.74) is 9.42. The van der Waals surface area contributed by atoms with Crippen LogP contribution in [0.25, 0.3) is 11.1 Å². The van der Waals surface area contributed by atoms with E-state index in [1.54, 1.807) is 0 Å². The Morgan fingerprint density at radius 3 is 1.96 bits per heavy atom. The first kappa shape index (κ1) is 44.4. The molecule has 0 aliphatic heterocycles. The molecule has 0 fully saturated rings. The van der Waals surface area contributed by atoms with Crippen molar-refractivity contribution in [1.82, 2.24) is 20.2 Å². The molecule has 0 spiro atoms. The minimum Gasteiger partial charge on any atom is -0.480 e. The first-order valence-corrected chi connectivity index (χ1v) is 24.4. The van der Waals surface area contributed by atoms with E-state index in [-0.39, 0.29) is 17.7 Å². The van der Waals surface area contributed by atoms with Crippen LogP contribution in [0.15, 0.2) is 69.6 Å². The van der Waals surface area contributed by atoms with Gasteiger partial charge in [-0.1, -0.05) is 75.8 Å². The SMILES string of the molecule is Cc1nn(COCC[Si](C)(C)C)c(C)c1-c1ccc(NC(=O)[C@@H](N[B]C=O)[C@@H]2CCc3ccc(Br)cc32)cc1.O=C[B]N[C@H](C(=O)O)[C@@H]1CCc2ccc(Br)cc21. The topological polar surface area (TPSA) is 152 Å². The molecule has 11 nitrogen and oxygen atoms in total. The van der Waals surface area contributed by atoms with E-state index in [1.165, 1.54) is 18.5 Å². The fourth-order valence-electron chi connectivity index (χ4n) is 7.63. The predicted octanol–water partition coefficient (Wildman–Crippen LogP) is 7.01. The standard InChI is InChI=1S/C29H37BBrN4O3Si.C12H12BBrNO3/c1-19-27(20(2)35(34-19)18-38-14-15-39(3,4)5)22-7-11-24(12-8-22)32-29(37)28(33-30-17-36)25-13-9-21-6-10-23(31)16-26(21)25;14-8-3-1-7-2-4-9(10(7)5-8)11(12(17)18)15-13-6-16/h6-8,10-12,16-17,25,28,33H,9,13-15,18H2,1-5H3,(H,32,37);1,3,5-6,9,11,15H,2,4H2,(H,17,18)/t25-,28+;9-,11+/m11/s1. The van der Waals surface area contributed by atoms with E-state index in [4.69, 9.17) is 9.84 Å². The number of carbonyl (C=O) groups excluding carboxylic acids is 3. The molecule has 6 rings (SSSR count). The Balaban J connectivity index is 0.000000287. The van der Waals surface area contributed by atoms with Gasteiger partial charge in [-0.15, -0.1) is 0 Å². The van der Waals surface area contributed by atoms with Gasteiger partial charge >= 0.3 is 5.97 Å². The van der Waals surface area contributed by atoms with Gasteiger partial charge in [-0.25, -0.2) is 4.68 Å². The Labute approximate surface area is 354 Å². The summed E-state index contributed by atoms with van der Waals surface area (Å²) in [5, 5.41) is 22.7. The normalized spacial score (nSPS) is 16.7. The van der Waals surface area contributed by atoms with E-state index in [0.29, 0.717) is 24.8 Å². The minimum atomic E-state index is -1.13. The van der Waals surface area contributed by atoms with Gasteiger partial charge in [-0.2, -0.15) is 5.10 Å². The zero-order valence-corrected chi connectivity index (χ0v) is 37.2. The Bertz CT molecular complexity index is 2060. The largest absolute Gasteiger partial charge is 0.480 e. The number of nitrogens with zero attached hydrogens (tertiary/aromatic N) is 2. The fraction of sp³-hybridized carbons (Fsp3) is 0.390. The zero-order chi connectivity index (χ0) is 41.3. The summed E-state index contributed by atoms with van der Waals surface area (Å²) in [6, 6.07) is 19.8. The first-order chi connectivity index (χ1) is 27.2. The van der Waals surface area contributed by atoms with E-state index in [9.17, 15) is 24.3 Å². The smallest absolute Gasteiger partial charge is 0.320 e. The number of hydrogen-bond donors (Lipinski definition) is 4. The molecule has 0 bridgehead atoms. The molecule has 0 saturated carbocycles. The Morgan fingerprint density at radius 1 is 0.895 bits per heavy atom. The predicted molar refractivity (Wildman–Crippen MR) is 237 cm³/mol. The van der Waals surface area contributed by atoms with Crippen LogP contribution in [0.4, 0.5) is 5.69 Å². The van der Waals surface area contributed by atoms with Gasteiger partial charge in [-0.3, -0.25) is 9.59 Å². The number of benzene rings is 3. The molecule has 4 aromatic rings. The van der Waals surface area contributed by atoms with Crippen LogP contribution < -0.4 is 15.8 Å². The molecule has 0 unspecified atom stereocenters. The number of carbonyl (C=O) groups is 4. The van der Waals surface area contributed by atoms with Crippen molar-refractivity contribution in [2.45, 2.75) is 95.9 Å². The average Bonchev–Trinajstić information content (AvgIpc) is 3.85. The molecule has 57 heavy (non-hydrogen) atoms. The van der Waals surface area contributed by atoms with Crippen molar-refractivity contribution < 1.29 is 29.0 Å². The second kappa shape index (κ2) is 20.3. The van der Waals surface area contributed by atoms with Crippen LogP contribution in [0, 0.1) is 13.8 Å². The van der Waals surface area contributed by atoms with E-state index < -0.39 is 26.1 Å². The van der Waals surface area contributed by atoms with E-state index >= 15 is 0 Å². The maximum absolute atomic E-state index is 13.4. The van der Waals surface area contributed by atoms with E-state index in [0.717, 1.165) is 88.3 Å². The molecular weight excluding hydrogens is 868 g/mol. The lowest BCUT2D eigenvalue weighted by Crippen LogP contribution is -2.46. The van der Waals surface area contributed by atoms with Crippen molar-refractivity contribution in [3.8, 4) is 11.1 Å². The molecule has 2 radical (unpaired) electrons. The molecule has 0 saturated heterocycles. The highest BCUT2D eigenvalue weighted by Crippen LogP contribution is 2.39. The Morgan fingerprint density at radius 2 is 1.44 bits per heavy atom. The summed E-state index contributed by atoms with van der Waals surface area (Å²) >= 11 is 6.95. The lowest BCUT2D eigenvalue weighted by Gasteiger charge is -2.24. The number of fused-ring (bicyclic) bond motifs is 2. The summed E-state index contributed by atoms with van der Waals surface area (Å²) in [4.78, 5) is 46.1. The van der Waals surface area contributed by atoms with Crippen molar-refractivity contribution in [3.05, 3.63) is 103 Å². The van der Waals surface area contributed by atoms with Crippen LogP contribution in [-0.2, 0) is 43.5 Å². The number of anilines is 1. The van der Waals surface area contributed by atoms with Crippen LogP contribution in [0.3, 0.4) is 0 Å². The van der Waals surface area contributed by atoms with Crippen molar-refractivity contribution >= 4 is 84.7 Å². The Hall–Kier alpha value is -3.66. The van der Waals surface area contributed by atoms with Gasteiger partial charge in [0.05, 0.1) is 24.1 Å². The van der Waals surface area contributed by atoms with Crippen LogP contribution >= 0.6 is 31.9 Å². The highest BCUT2D eigenvalue weighted by atomic mass is 79.9. The number of aromatic nitrogens is 2. The maximum atomic E-state index is 13.4. The van der Waals surface area contributed by atoms with Gasteiger partial charge in [0.25, 0.3) is 14.8 Å². The number of amides is 1. The second-order valence-corrected chi connectivity index (χ2v) is 23.1. The average molecular weight is 917 g/mol. The van der Waals surface area contributed by atoms with Crippen LogP contribution in [0.5, 0.6) is 0 Å². The molecule has 16 heteroatoms. The number of carboxylic acid groups (broad SMARTS) is 1. The minimum absolute atomic E-state index is 0.0305.